The summed E-state index contributed by atoms with van der Waals surface area (Å²) in [5.74, 6) is -0.0176. The fourth-order valence-corrected chi connectivity index (χ4v) is 5.89. The summed E-state index contributed by atoms with van der Waals surface area (Å²) in [6.07, 6.45) is 1.19. The maximum absolute atomic E-state index is 13.4. The molecule has 0 unspecified atom stereocenters. The van der Waals surface area contributed by atoms with Crippen molar-refractivity contribution in [3.05, 3.63) is 90.4 Å². The van der Waals surface area contributed by atoms with Crippen LogP contribution in [0.25, 0.3) is 5.57 Å². The minimum Gasteiger partial charge on any atom is -0.359 e. The topological polar surface area (TPSA) is 159 Å². The molecule has 0 bridgehead atoms. The maximum atomic E-state index is 13.4. The summed E-state index contributed by atoms with van der Waals surface area (Å²) >= 11 is 0. The van der Waals surface area contributed by atoms with Gasteiger partial charge in [-0.2, -0.15) is 10.5 Å². The van der Waals surface area contributed by atoms with Crippen LogP contribution in [-0.2, 0) is 19.7 Å². The second kappa shape index (κ2) is 9.49. The fourth-order valence-electron chi connectivity index (χ4n) is 3.18. The van der Waals surface area contributed by atoms with Gasteiger partial charge in [-0.25, -0.2) is 16.8 Å². The van der Waals surface area contributed by atoms with E-state index in [9.17, 15) is 22.1 Å². The van der Waals surface area contributed by atoms with Crippen molar-refractivity contribution in [1.82, 2.24) is 20.6 Å². The zero-order chi connectivity index (χ0) is 25.1. The van der Waals surface area contributed by atoms with E-state index in [-0.39, 0.29) is 36.7 Å². The molecule has 35 heavy (non-hydrogen) atoms. The lowest BCUT2D eigenvalue weighted by molar-refractivity contribution is 0.592. The van der Waals surface area contributed by atoms with E-state index >= 15 is 0 Å². The van der Waals surface area contributed by atoms with E-state index in [0.29, 0.717) is 0 Å². The molecule has 0 saturated carbocycles. The molecule has 3 aromatic carbocycles. The van der Waals surface area contributed by atoms with E-state index in [1.165, 1.54) is 48.7 Å². The SMILES string of the molecule is Cc1ccc(S(=O)(=O)c2ccc(S(=O)(=O)c3ccccc3)cc2NC=C(C#N)c2nn[nH]n2)cc1. The average molecular weight is 507 g/mol. The number of nitriles is 1. The van der Waals surface area contributed by atoms with Crippen LogP contribution in [0.1, 0.15) is 11.4 Å². The third-order valence-electron chi connectivity index (χ3n) is 5.01. The molecule has 0 fully saturated rings. The van der Waals surface area contributed by atoms with Crippen LogP contribution >= 0.6 is 0 Å². The molecule has 0 spiro atoms. The van der Waals surface area contributed by atoms with Crippen molar-refractivity contribution in [1.29, 1.82) is 5.26 Å². The number of benzene rings is 3. The zero-order valence-corrected chi connectivity index (χ0v) is 19.9. The van der Waals surface area contributed by atoms with Crippen LogP contribution in [0.15, 0.2) is 98.6 Å². The van der Waals surface area contributed by atoms with Gasteiger partial charge in [-0.1, -0.05) is 35.9 Å². The highest BCUT2D eigenvalue weighted by molar-refractivity contribution is 7.92. The maximum Gasteiger partial charge on any atom is 0.216 e. The van der Waals surface area contributed by atoms with Crippen molar-refractivity contribution in [2.24, 2.45) is 0 Å². The number of anilines is 1. The molecule has 0 amide bonds. The number of aromatic nitrogens is 4. The predicted molar refractivity (Wildman–Crippen MR) is 126 cm³/mol. The first-order chi connectivity index (χ1) is 16.7. The van der Waals surface area contributed by atoms with Gasteiger partial charge in [0.05, 0.1) is 25.3 Å². The van der Waals surface area contributed by atoms with Crippen LogP contribution in [0.2, 0.25) is 0 Å². The Labute approximate surface area is 201 Å². The minimum atomic E-state index is -4.04. The summed E-state index contributed by atoms with van der Waals surface area (Å²) in [6, 6.07) is 19.6. The number of hydrogen-bond donors (Lipinski definition) is 2. The molecule has 0 aliphatic rings. The van der Waals surface area contributed by atoms with Crippen LogP contribution in [0.3, 0.4) is 0 Å². The molecule has 0 aliphatic carbocycles. The molecule has 176 valence electrons. The standard InChI is InChI=1S/C23H18N6O4S2/c1-16-7-9-19(10-8-16)35(32,33)22-12-11-20(34(30,31)18-5-3-2-4-6-18)13-21(22)25-15-17(14-24)23-26-28-29-27-23/h2-13,15,25H,1H3,(H,26,27,28,29). The van der Waals surface area contributed by atoms with E-state index < -0.39 is 19.7 Å². The first kappa shape index (κ1) is 23.8. The van der Waals surface area contributed by atoms with Gasteiger partial charge in [-0.05, 0) is 54.6 Å². The van der Waals surface area contributed by atoms with Crippen LogP contribution in [-0.4, -0.2) is 37.5 Å². The smallest absolute Gasteiger partial charge is 0.216 e. The Morgan fingerprint density at radius 2 is 1.57 bits per heavy atom. The number of hydrogen-bond acceptors (Lipinski definition) is 9. The molecular formula is C23H18N6O4S2. The van der Waals surface area contributed by atoms with E-state index in [1.807, 2.05) is 13.0 Å². The van der Waals surface area contributed by atoms with E-state index in [4.69, 9.17) is 0 Å². The van der Waals surface area contributed by atoms with Gasteiger partial charge in [0.1, 0.15) is 11.6 Å². The zero-order valence-electron chi connectivity index (χ0n) is 18.2. The van der Waals surface area contributed by atoms with Crippen molar-refractivity contribution < 1.29 is 16.8 Å². The monoisotopic (exact) mass is 506 g/mol. The second-order valence-corrected chi connectivity index (χ2v) is 11.2. The number of nitrogens with zero attached hydrogens (tertiary/aromatic N) is 4. The Balaban J connectivity index is 1.86. The summed E-state index contributed by atoms with van der Waals surface area (Å²) in [6.45, 7) is 1.83. The lowest BCUT2D eigenvalue weighted by Gasteiger charge is -2.14. The quantitative estimate of drug-likeness (QED) is 0.359. The Hall–Kier alpha value is -4.34. The first-order valence-electron chi connectivity index (χ1n) is 10.1. The molecule has 2 N–H and O–H groups in total. The number of H-pyrrole nitrogens is 1. The number of rotatable bonds is 7. The molecule has 0 atom stereocenters. The summed E-state index contributed by atoms with van der Waals surface area (Å²) in [4.78, 5) is -0.205. The highest BCUT2D eigenvalue weighted by atomic mass is 32.2. The molecular weight excluding hydrogens is 488 g/mol. The molecule has 0 aliphatic heterocycles. The second-order valence-electron chi connectivity index (χ2n) is 7.34. The number of tetrazole rings is 1. The third kappa shape index (κ3) is 4.81. The van der Waals surface area contributed by atoms with Crippen molar-refractivity contribution in [2.45, 2.75) is 26.5 Å². The molecule has 1 aromatic heterocycles. The van der Waals surface area contributed by atoms with Gasteiger partial charge < -0.3 is 5.32 Å². The fraction of sp³-hybridized carbons (Fsp3) is 0.0435. The van der Waals surface area contributed by atoms with Gasteiger partial charge >= 0.3 is 0 Å². The Morgan fingerprint density at radius 1 is 0.914 bits per heavy atom. The van der Waals surface area contributed by atoms with E-state index in [1.54, 1.807) is 30.3 Å². The number of nitrogens with one attached hydrogen (secondary N) is 2. The average Bonchev–Trinajstić information content (AvgIpc) is 3.40. The Kier molecular flexibility index (Phi) is 6.46. The molecule has 1 heterocycles. The van der Waals surface area contributed by atoms with Crippen molar-refractivity contribution in [2.75, 3.05) is 5.32 Å². The van der Waals surface area contributed by atoms with Gasteiger partial charge in [-0.3, -0.25) is 0 Å². The summed E-state index contributed by atoms with van der Waals surface area (Å²) < 4.78 is 53.2. The molecule has 0 saturated heterocycles. The van der Waals surface area contributed by atoms with Gasteiger partial charge in [-0.15, -0.1) is 10.2 Å². The largest absolute Gasteiger partial charge is 0.359 e. The predicted octanol–water partition coefficient (Wildman–Crippen LogP) is 3.15. The lowest BCUT2D eigenvalue weighted by Crippen LogP contribution is -2.09. The van der Waals surface area contributed by atoms with Gasteiger partial charge in [0.15, 0.2) is 0 Å². The summed E-state index contributed by atoms with van der Waals surface area (Å²) in [5.41, 5.74) is 0.792. The highest BCUT2D eigenvalue weighted by Crippen LogP contribution is 2.32. The molecule has 4 rings (SSSR count). The first-order valence-corrected chi connectivity index (χ1v) is 13.1. The van der Waals surface area contributed by atoms with E-state index in [2.05, 4.69) is 25.9 Å². The number of allylic oxidation sites excluding steroid dienone is 1. The molecule has 12 heteroatoms. The van der Waals surface area contributed by atoms with Crippen LogP contribution < -0.4 is 5.32 Å². The van der Waals surface area contributed by atoms with Gasteiger partial charge in [0.2, 0.25) is 25.5 Å². The summed E-state index contributed by atoms with van der Waals surface area (Å²) in [7, 11) is -7.98. The van der Waals surface area contributed by atoms with Crippen LogP contribution in [0, 0.1) is 18.3 Å². The minimum absolute atomic E-state index is 0.0176. The van der Waals surface area contributed by atoms with E-state index in [0.717, 1.165) is 5.56 Å². The number of aromatic amines is 1. The van der Waals surface area contributed by atoms with Gasteiger partial charge in [0.25, 0.3) is 0 Å². The Bertz CT molecular complexity index is 1640. The third-order valence-corrected chi connectivity index (χ3v) is 8.61. The van der Waals surface area contributed by atoms with Crippen molar-refractivity contribution >= 4 is 30.9 Å². The normalized spacial score (nSPS) is 12.2. The number of aryl methyl sites for hydroxylation is 1. The van der Waals surface area contributed by atoms with Gasteiger partial charge in [0, 0.05) is 6.20 Å². The lowest BCUT2D eigenvalue weighted by atomic mass is 10.2. The Morgan fingerprint density at radius 3 is 2.20 bits per heavy atom. The summed E-state index contributed by atoms with van der Waals surface area (Å²) in [5, 5.41) is 25.3. The van der Waals surface area contributed by atoms with Crippen LogP contribution in [0.4, 0.5) is 5.69 Å². The molecule has 10 nitrogen and oxygen atoms in total. The van der Waals surface area contributed by atoms with Crippen molar-refractivity contribution in [3.63, 3.8) is 0 Å². The highest BCUT2D eigenvalue weighted by Gasteiger charge is 2.25. The molecule has 0 radical (unpaired) electrons. The molecule has 4 aromatic rings. The number of sulfone groups is 2. The van der Waals surface area contributed by atoms with Crippen LogP contribution in [0.5, 0.6) is 0 Å². The van der Waals surface area contributed by atoms with Crippen molar-refractivity contribution in [3.8, 4) is 6.07 Å².